The van der Waals surface area contributed by atoms with Gasteiger partial charge in [-0.25, -0.2) is 0 Å². The standard InChI is InChI=1S/C14H18N2OS/c1-10-4-5-11(6-14(10)17-3)13(15-2)7-12-8-16-9-18-12/h4-6,8-9,13,15H,7H2,1-3H3. The smallest absolute Gasteiger partial charge is 0.122 e. The highest BCUT2D eigenvalue weighted by Gasteiger charge is 2.12. The molecule has 2 aromatic rings. The maximum absolute atomic E-state index is 5.38. The van der Waals surface area contributed by atoms with Crippen LogP contribution in [0.15, 0.2) is 29.9 Å². The van der Waals surface area contributed by atoms with Crippen LogP contribution in [0.3, 0.4) is 0 Å². The van der Waals surface area contributed by atoms with Crippen molar-refractivity contribution in [3.8, 4) is 5.75 Å². The van der Waals surface area contributed by atoms with Gasteiger partial charge in [0.05, 0.1) is 12.6 Å². The largest absolute Gasteiger partial charge is 0.496 e. The lowest BCUT2D eigenvalue weighted by Gasteiger charge is -2.17. The number of aromatic nitrogens is 1. The number of thiazole rings is 1. The maximum atomic E-state index is 5.38. The number of aryl methyl sites for hydroxylation is 1. The van der Waals surface area contributed by atoms with E-state index in [9.17, 15) is 0 Å². The molecule has 1 aromatic carbocycles. The molecule has 0 radical (unpaired) electrons. The molecule has 1 unspecified atom stereocenters. The zero-order valence-electron chi connectivity index (χ0n) is 10.9. The van der Waals surface area contributed by atoms with Crippen LogP contribution in [0.1, 0.15) is 22.0 Å². The number of nitrogens with one attached hydrogen (secondary N) is 1. The number of nitrogens with zero attached hydrogens (tertiary/aromatic N) is 1. The Morgan fingerprint density at radius 1 is 1.44 bits per heavy atom. The van der Waals surface area contributed by atoms with E-state index in [1.807, 2.05) is 18.8 Å². The van der Waals surface area contributed by atoms with Gasteiger partial charge in [-0.2, -0.15) is 0 Å². The Labute approximate surface area is 112 Å². The van der Waals surface area contributed by atoms with E-state index >= 15 is 0 Å². The fraction of sp³-hybridized carbons (Fsp3) is 0.357. The first-order valence-corrected chi connectivity index (χ1v) is 6.81. The van der Waals surface area contributed by atoms with Crippen molar-refractivity contribution in [2.45, 2.75) is 19.4 Å². The molecule has 4 heteroatoms. The number of rotatable bonds is 5. The summed E-state index contributed by atoms with van der Waals surface area (Å²) in [6, 6.07) is 6.66. The third-order valence-electron chi connectivity index (χ3n) is 3.07. The summed E-state index contributed by atoms with van der Waals surface area (Å²) in [5, 5.41) is 3.35. The average Bonchev–Trinajstić information content (AvgIpc) is 2.89. The van der Waals surface area contributed by atoms with Crippen LogP contribution in [0, 0.1) is 6.92 Å². The van der Waals surface area contributed by atoms with E-state index in [4.69, 9.17) is 4.74 Å². The van der Waals surface area contributed by atoms with Gasteiger partial charge in [0.1, 0.15) is 5.75 Å². The minimum atomic E-state index is 0.292. The van der Waals surface area contributed by atoms with Crippen molar-refractivity contribution in [2.24, 2.45) is 0 Å². The van der Waals surface area contributed by atoms with Crippen LogP contribution in [0.5, 0.6) is 5.75 Å². The summed E-state index contributed by atoms with van der Waals surface area (Å²) in [5.74, 6) is 0.942. The lowest BCUT2D eigenvalue weighted by Crippen LogP contribution is -2.18. The molecule has 0 fully saturated rings. The van der Waals surface area contributed by atoms with Crippen molar-refractivity contribution in [3.63, 3.8) is 0 Å². The number of hydrogen-bond donors (Lipinski definition) is 1. The van der Waals surface area contributed by atoms with E-state index < -0.39 is 0 Å². The lowest BCUT2D eigenvalue weighted by atomic mass is 10.0. The SMILES string of the molecule is CNC(Cc1cncs1)c1ccc(C)c(OC)c1. The van der Waals surface area contributed by atoms with Crippen LogP contribution in [0.4, 0.5) is 0 Å². The first-order valence-electron chi connectivity index (χ1n) is 5.93. The Hall–Kier alpha value is -1.39. The molecule has 18 heavy (non-hydrogen) atoms. The Morgan fingerprint density at radius 2 is 2.28 bits per heavy atom. The zero-order chi connectivity index (χ0) is 13.0. The minimum absolute atomic E-state index is 0.292. The van der Waals surface area contributed by atoms with Gasteiger partial charge in [-0.15, -0.1) is 11.3 Å². The molecule has 0 bridgehead atoms. The Bertz CT molecular complexity index is 497. The van der Waals surface area contributed by atoms with E-state index in [1.54, 1.807) is 18.4 Å². The van der Waals surface area contributed by atoms with Crippen molar-refractivity contribution in [2.75, 3.05) is 14.2 Å². The minimum Gasteiger partial charge on any atom is -0.496 e. The molecule has 1 N–H and O–H groups in total. The lowest BCUT2D eigenvalue weighted by molar-refractivity contribution is 0.410. The van der Waals surface area contributed by atoms with E-state index in [1.165, 1.54) is 10.4 Å². The highest BCUT2D eigenvalue weighted by Crippen LogP contribution is 2.26. The normalized spacial score (nSPS) is 12.4. The zero-order valence-corrected chi connectivity index (χ0v) is 11.8. The van der Waals surface area contributed by atoms with Crippen molar-refractivity contribution in [1.82, 2.24) is 10.3 Å². The molecule has 0 aliphatic carbocycles. The van der Waals surface area contributed by atoms with E-state index in [2.05, 4.69) is 35.4 Å². The molecule has 2 rings (SSSR count). The van der Waals surface area contributed by atoms with E-state index in [0.29, 0.717) is 6.04 Å². The first-order chi connectivity index (χ1) is 8.74. The van der Waals surface area contributed by atoms with Crippen molar-refractivity contribution in [1.29, 1.82) is 0 Å². The van der Waals surface area contributed by atoms with Crippen LogP contribution in [-0.2, 0) is 6.42 Å². The predicted octanol–water partition coefficient (Wildman–Crippen LogP) is 2.96. The number of benzene rings is 1. The molecule has 1 heterocycles. The summed E-state index contributed by atoms with van der Waals surface area (Å²) in [5.41, 5.74) is 4.28. The topological polar surface area (TPSA) is 34.2 Å². The van der Waals surface area contributed by atoms with Gasteiger partial charge in [-0.05, 0) is 31.2 Å². The summed E-state index contributed by atoms with van der Waals surface area (Å²) in [4.78, 5) is 5.40. The van der Waals surface area contributed by atoms with Gasteiger partial charge in [0.25, 0.3) is 0 Å². The van der Waals surface area contributed by atoms with Gasteiger partial charge < -0.3 is 10.1 Å². The Kier molecular flexibility index (Phi) is 4.33. The van der Waals surface area contributed by atoms with Gasteiger partial charge in [0.15, 0.2) is 0 Å². The quantitative estimate of drug-likeness (QED) is 0.899. The van der Waals surface area contributed by atoms with Crippen LogP contribution in [-0.4, -0.2) is 19.1 Å². The van der Waals surface area contributed by atoms with E-state index in [-0.39, 0.29) is 0 Å². The van der Waals surface area contributed by atoms with Crippen LogP contribution < -0.4 is 10.1 Å². The van der Waals surface area contributed by atoms with Gasteiger partial charge >= 0.3 is 0 Å². The van der Waals surface area contributed by atoms with Gasteiger partial charge in [-0.1, -0.05) is 12.1 Å². The Balaban J connectivity index is 2.21. The molecule has 96 valence electrons. The second kappa shape index (κ2) is 5.98. The van der Waals surface area contributed by atoms with Crippen molar-refractivity contribution in [3.05, 3.63) is 45.9 Å². The molecule has 0 saturated heterocycles. The van der Waals surface area contributed by atoms with Crippen LogP contribution >= 0.6 is 11.3 Å². The van der Waals surface area contributed by atoms with Gasteiger partial charge in [0, 0.05) is 23.5 Å². The second-order valence-corrected chi connectivity index (χ2v) is 5.21. The Morgan fingerprint density at radius 3 is 2.89 bits per heavy atom. The number of likely N-dealkylation sites (N-methyl/N-ethyl adjacent to an activating group) is 1. The molecule has 0 spiro atoms. The van der Waals surface area contributed by atoms with Crippen LogP contribution in [0.2, 0.25) is 0 Å². The summed E-state index contributed by atoms with van der Waals surface area (Å²) in [6.07, 6.45) is 2.88. The predicted molar refractivity (Wildman–Crippen MR) is 75.3 cm³/mol. The first kappa shape index (κ1) is 13.1. The number of hydrogen-bond acceptors (Lipinski definition) is 4. The monoisotopic (exact) mass is 262 g/mol. The molecule has 0 aliphatic heterocycles. The van der Waals surface area contributed by atoms with Gasteiger partial charge in [-0.3, -0.25) is 4.98 Å². The maximum Gasteiger partial charge on any atom is 0.122 e. The van der Waals surface area contributed by atoms with Crippen molar-refractivity contribution >= 4 is 11.3 Å². The van der Waals surface area contributed by atoms with E-state index in [0.717, 1.165) is 17.7 Å². The molecular weight excluding hydrogens is 244 g/mol. The number of ether oxygens (including phenoxy) is 1. The summed E-state index contributed by atoms with van der Waals surface area (Å²) in [6.45, 7) is 2.06. The van der Waals surface area contributed by atoms with Gasteiger partial charge in [0.2, 0.25) is 0 Å². The fourth-order valence-electron chi connectivity index (χ4n) is 1.98. The highest BCUT2D eigenvalue weighted by molar-refractivity contribution is 7.09. The molecule has 0 saturated carbocycles. The number of methoxy groups -OCH3 is 1. The second-order valence-electron chi connectivity index (χ2n) is 4.24. The molecule has 0 aliphatic rings. The van der Waals surface area contributed by atoms with Crippen molar-refractivity contribution < 1.29 is 4.74 Å². The molecule has 1 aromatic heterocycles. The summed E-state index contributed by atoms with van der Waals surface area (Å²) < 4.78 is 5.38. The summed E-state index contributed by atoms with van der Waals surface area (Å²) >= 11 is 1.69. The average molecular weight is 262 g/mol. The third kappa shape index (κ3) is 2.89. The molecule has 3 nitrogen and oxygen atoms in total. The fourth-order valence-corrected chi connectivity index (χ4v) is 2.63. The third-order valence-corrected chi connectivity index (χ3v) is 3.87. The molecular formula is C14H18N2OS. The molecule has 1 atom stereocenters. The highest BCUT2D eigenvalue weighted by atomic mass is 32.1. The molecule has 0 amide bonds. The summed E-state index contributed by atoms with van der Waals surface area (Å²) in [7, 11) is 3.70. The van der Waals surface area contributed by atoms with Crippen LogP contribution in [0.25, 0.3) is 0 Å².